The van der Waals surface area contributed by atoms with Gasteiger partial charge in [-0.2, -0.15) is 0 Å². The fourth-order valence-corrected chi connectivity index (χ4v) is 4.92. The van der Waals surface area contributed by atoms with Gasteiger partial charge in [-0.25, -0.2) is 0 Å². The van der Waals surface area contributed by atoms with Crippen LogP contribution >= 0.6 is 0 Å². The summed E-state index contributed by atoms with van der Waals surface area (Å²) >= 11 is 0. The largest absolute Gasteiger partial charge is 0.386 e. The second-order valence-corrected chi connectivity index (χ2v) is 6.89. The van der Waals surface area contributed by atoms with Gasteiger partial charge in [-0.05, 0) is 32.0 Å². The summed E-state index contributed by atoms with van der Waals surface area (Å²) in [4.78, 5) is 2.43. The van der Waals surface area contributed by atoms with Crippen LogP contribution in [0.15, 0.2) is 42.5 Å². The van der Waals surface area contributed by atoms with Crippen molar-refractivity contribution < 1.29 is 5.11 Å². The van der Waals surface area contributed by atoms with E-state index in [1.807, 2.05) is 6.07 Å². The zero-order chi connectivity index (χ0) is 15.3. The van der Waals surface area contributed by atoms with Gasteiger partial charge in [0.1, 0.15) is 5.60 Å². The van der Waals surface area contributed by atoms with Crippen LogP contribution in [-0.2, 0) is 5.41 Å². The number of nitrogens with zero attached hydrogens (tertiary/aromatic N) is 1. The lowest BCUT2D eigenvalue weighted by molar-refractivity contribution is -0.0555. The summed E-state index contributed by atoms with van der Waals surface area (Å²) < 4.78 is 0. The maximum Gasteiger partial charge on any atom is 0.100 e. The van der Waals surface area contributed by atoms with Crippen LogP contribution < -0.4 is 0 Å². The minimum absolute atomic E-state index is 0.182. The second-order valence-electron chi connectivity index (χ2n) is 6.89. The number of aliphatic hydroxyl groups is 1. The van der Waals surface area contributed by atoms with Crippen LogP contribution in [0.1, 0.15) is 39.7 Å². The summed E-state index contributed by atoms with van der Waals surface area (Å²) in [6, 6.07) is 10.5. The van der Waals surface area contributed by atoms with Crippen molar-refractivity contribution in [2.75, 3.05) is 13.1 Å². The van der Waals surface area contributed by atoms with Crippen LogP contribution in [0.2, 0.25) is 0 Å². The molecule has 0 radical (unpaired) electrons. The Morgan fingerprint density at radius 1 is 1.14 bits per heavy atom. The van der Waals surface area contributed by atoms with E-state index in [1.165, 1.54) is 5.56 Å². The van der Waals surface area contributed by atoms with Gasteiger partial charge in [-0.1, -0.05) is 63.3 Å². The molecule has 0 spiro atoms. The maximum absolute atomic E-state index is 11.7. The van der Waals surface area contributed by atoms with Crippen LogP contribution in [0.5, 0.6) is 0 Å². The standard InChI is InChI=1S/C19H27NO/c1-5-20(6-2)17(3)14-10-13-16-18(4,19(16,17)21)15-11-8-7-9-12-15/h7-13,16,21H,5-6,14H2,1-4H3. The van der Waals surface area contributed by atoms with Crippen LogP contribution in [0.25, 0.3) is 0 Å². The molecule has 1 N–H and O–H groups in total. The minimum atomic E-state index is -0.678. The number of hydrogen-bond acceptors (Lipinski definition) is 2. The Labute approximate surface area is 128 Å². The van der Waals surface area contributed by atoms with E-state index in [0.29, 0.717) is 0 Å². The first-order chi connectivity index (χ1) is 9.96. The summed E-state index contributed by atoms with van der Waals surface area (Å²) in [5.74, 6) is 0.215. The first-order valence-electron chi connectivity index (χ1n) is 8.16. The predicted octanol–water partition coefficient (Wildman–Crippen LogP) is 3.37. The lowest BCUT2D eigenvalue weighted by Crippen LogP contribution is -2.59. The van der Waals surface area contributed by atoms with E-state index in [4.69, 9.17) is 0 Å². The Balaban J connectivity index is 2.08. The Bertz CT molecular complexity index is 550. The van der Waals surface area contributed by atoms with E-state index in [0.717, 1.165) is 19.5 Å². The molecule has 0 heterocycles. The molecule has 0 aromatic heterocycles. The van der Waals surface area contributed by atoms with Gasteiger partial charge < -0.3 is 5.11 Å². The third kappa shape index (κ3) is 1.61. The number of likely N-dealkylation sites (N-methyl/N-ethyl adjacent to an activating group) is 1. The van der Waals surface area contributed by atoms with E-state index < -0.39 is 5.60 Å². The average Bonchev–Trinajstić information content (AvgIpc) is 3.02. The SMILES string of the molecule is CCN(CC)C1(C)CC=CC2C(C)(c3ccccc3)C21O. The smallest absolute Gasteiger partial charge is 0.100 e. The van der Waals surface area contributed by atoms with Crippen molar-refractivity contribution >= 4 is 0 Å². The van der Waals surface area contributed by atoms with E-state index in [-0.39, 0.29) is 16.9 Å². The topological polar surface area (TPSA) is 23.5 Å². The molecule has 0 aliphatic heterocycles. The molecule has 114 valence electrons. The number of hydrogen-bond donors (Lipinski definition) is 1. The summed E-state index contributed by atoms with van der Waals surface area (Å²) in [5.41, 5.74) is 0.198. The van der Waals surface area contributed by atoms with Crippen molar-refractivity contribution in [3.05, 3.63) is 48.0 Å². The highest BCUT2D eigenvalue weighted by atomic mass is 16.3. The van der Waals surface area contributed by atoms with Gasteiger partial charge in [0.2, 0.25) is 0 Å². The van der Waals surface area contributed by atoms with E-state index in [2.05, 4.69) is 69.0 Å². The molecule has 2 heteroatoms. The van der Waals surface area contributed by atoms with Gasteiger partial charge in [-0.3, -0.25) is 4.90 Å². The Hall–Kier alpha value is -1.12. The van der Waals surface area contributed by atoms with Crippen molar-refractivity contribution in [1.29, 1.82) is 0 Å². The number of rotatable bonds is 4. The van der Waals surface area contributed by atoms with Gasteiger partial charge in [0.05, 0.1) is 5.54 Å². The molecule has 0 amide bonds. The zero-order valence-corrected chi connectivity index (χ0v) is 13.6. The Morgan fingerprint density at radius 2 is 1.76 bits per heavy atom. The highest BCUT2D eigenvalue weighted by Crippen LogP contribution is 2.71. The van der Waals surface area contributed by atoms with Crippen LogP contribution in [0, 0.1) is 5.92 Å². The molecule has 4 unspecified atom stereocenters. The maximum atomic E-state index is 11.7. The average molecular weight is 285 g/mol. The van der Waals surface area contributed by atoms with Crippen molar-refractivity contribution in [3.63, 3.8) is 0 Å². The molecular formula is C19H27NO. The minimum Gasteiger partial charge on any atom is -0.386 e. The van der Waals surface area contributed by atoms with Gasteiger partial charge in [-0.15, -0.1) is 0 Å². The molecular weight excluding hydrogens is 258 g/mol. The molecule has 2 nitrogen and oxygen atoms in total. The van der Waals surface area contributed by atoms with Crippen LogP contribution in [0.4, 0.5) is 0 Å². The number of fused-ring (bicyclic) bond motifs is 1. The summed E-state index contributed by atoms with van der Waals surface area (Å²) in [7, 11) is 0. The molecule has 2 aliphatic rings. The third-order valence-corrected chi connectivity index (χ3v) is 6.28. The van der Waals surface area contributed by atoms with Crippen molar-refractivity contribution in [2.24, 2.45) is 5.92 Å². The molecule has 1 aromatic carbocycles. The highest BCUT2D eigenvalue weighted by Gasteiger charge is 2.80. The first kappa shape index (κ1) is 14.8. The van der Waals surface area contributed by atoms with Gasteiger partial charge >= 0.3 is 0 Å². The summed E-state index contributed by atoms with van der Waals surface area (Å²) in [6.07, 6.45) is 5.42. The molecule has 1 saturated carbocycles. The number of benzene rings is 1. The van der Waals surface area contributed by atoms with Gasteiger partial charge in [0.15, 0.2) is 0 Å². The third-order valence-electron chi connectivity index (χ3n) is 6.28. The zero-order valence-electron chi connectivity index (χ0n) is 13.6. The van der Waals surface area contributed by atoms with Crippen LogP contribution in [0.3, 0.4) is 0 Å². The summed E-state index contributed by atoms with van der Waals surface area (Å²) in [5, 5.41) is 11.7. The van der Waals surface area contributed by atoms with Gasteiger partial charge in [0.25, 0.3) is 0 Å². The molecule has 1 aromatic rings. The normalized spacial score (nSPS) is 41.1. The molecule has 21 heavy (non-hydrogen) atoms. The molecule has 3 rings (SSSR count). The summed E-state index contributed by atoms with van der Waals surface area (Å²) in [6.45, 7) is 10.8. The van der Waals surface area contributed by atoms with Crippen molar-refractivity contribution in [3.8, 4) is 0 Å². The first-order valence-corrected chi connectivity index (χ1v) is 8.16. The van der Waals surface area contributed by atoms with Crippen molar-refractivity contribution in [2.45, 2.75) is 50.7 Å². The Kier molecular flexibility index (Phi) is 3.30. The quantitative estimate of drug-likeness (QED) is 0.857. The monoisotopic (exact) mass is 285 g/mol. The molecule has 0 bridgehead atoms. The second kappa shape index (κ2) is 4.69. The van der Waals surface area contributed by atoms with Gasteiger partial charge in [0, 0.05) is 11.3 Å². The Morgan fingerprint density at radius 3 is 2.33 bits per heavy atom. The lowest BCUT2D eigenvalue weighted by atomic mass is 9.78. The van der Waals surface area contributed by atoms with Crippen molar-refractivity contribution in [1.82, 2.24) is 4.90 Å². The van der Waals surface area contributed by atoms with E-state index >= 15 is 0 Å². The lowest BCUT2D eigenvalue weighted by Gasteiger charge is -2.47. The molecule has 0 saturated heterocycles. The fourth-order valence-electron chi connectivity index (χ4n) is 4.92. The van der Waals surface area contributed by atoms with Crippen LogP contribution in [-0.4, -0.2) is 34.2 Å². The van der Waals surface area contributed by atoms with E-state index in [1.54, 1.807) is 0 Å². The molecule has 1 fully saturated rings. The molecule has 2 aliphatic carbocycles. The predicted molar refractivity (Wildman–Crippen MR) is 87.3 cm³/mol. The van der Waals surface area contributed by atoms with E-state index in [9.17, 15) is 5.11 Å². The highest BCUT2D eigenvalue weighted by molar-refractivity contribution is 5.51. The molecule has 4 atom stereocenters. The fraction of sp³-hybridized carbons (Fsp3) is 0.579.